The topological polar surface area (TPSA) is 55.1 Å². The fourth-order valence-electron chi connectivity index (χ4n) is 2.19. The maximum absolute atomic E-state index is 12.3. The number of fused-ring (bicyclic) bond motifs is 1. The van der Waals surface area contributed by atoms with Crippen molar-refractivity contribution in [3.63, 3.8) is 0 Å². The van der Waals surface area contributed by atoms with E-state index < -0.39 is 0 Å². The van der Waals surface area contributed by atoms with Crippen LogP contribution < -0.4 is 5.32 Å². The lowest BCUT2D eigenvalue weighted by Crippen LogP contribution is -2.23. The van der Waals surface area contributed by atoms with Crippen LogP contribution in [0.3, 0.4) is 0 Å². The number of furan rings is 1. The van der Waals surface area contributed by atoms with Crippen LogP contribution in [0.5, 0.6) is 0 Å². The van der Waals surface area contributed by atoms with E-state index in [1.807, 2.05) is 31.2 Å². The molecule has 2 aromatic heterocycles. The molecule has 0 aliphatic rings. The number of nitrogens with one attached hydrogen (secondary N) is 1. The van der Waals surface area contributed by atoms with Gasteiger partial charge in [0.2, 0.25) is 0 Å². The minimum atomic E-state index is -0.261. The predicted molar refractivity (Wildman–Crippen MR) is 81.4 cm³/mol. The van der Waals surface area contributed by atoms with Crippen molar-refractivity contribution in [2.75, 3.05) is 0 Å². The van der Waals surface area contributed by atoms with Crippen molar-refractivity contribution in [1.82, 2.24) is 10.3 Å². The normalized spacial score (nSPS) is 10.8. The van der Waals surface area contributed by atoms with Gasteiger partial charge in [-0.3, -0.25) is 9.78 Å². The molecule has 0 radical (unpaired) electrons. The van der Waals surface area contributed by atoms with E-state index in [1.165, 1.54) is 0 Å². The number of hydrogen-bond donors (Lipinski definition) is 1. The molecule has 3 aromatic rings. The van der Waals surface area contributed by atoms with Gasteiger partial charge in [0, 0.05) is 29.9 Å². The Bertz CT molecular complexity index is 797. The van der Waals surface area contributed by atoms with E-state index in [0.29, 0.717) is 22.9 Å². The largest absolute Gasteiger partial charge is 0.449 e. The van der Waals surface area contributed by atoms with Gasteiger partial charge in [-0.25, -0.2) is 0 Å². The summed E-state index contributed by atoms with van der Waals surface area (Å²) in [6.45, 7) is 2.25. The van der Waals surface area contributed by atoms with Crippen LogP contribution in [0.2, 0.25) is 5.02 Å². The van der Waals surface area contributed by atoms with E-state index in [0.717, 1.165) is 16.5 Å². The Morgan fingerprint density at radius 1 is 1.33 bits per heavy atom. The van der Waals surface area contributed by atoms with Gasteiger partial charge in [-0.05, 0) is 24.6 Å². The Morgan fingerprint density at radius 3 is 2.90 bits per heavy atom. The van der Waals surface area contributed by atoms with Crippen molar-refractivity contribution in [2.45, 2.75) is 13.5 Å². The highest BCUT2D eigenvalue weighted by molar-refractivity contribution is 6.35. The van der Waals surface area contributed by atoms with E-state index in [4.69, 9.17) is 16.0 Å². The number of amides is 1. The van der Waals surface area contributed by atoms with Crippen molar-refractivity contribution in [2.24, 2.45) is 0 Å². The van der Waals surface area contributed by atoms with Gasteiger partial charge < -0.3 is 9.73 Å². The van der Waals surface area contributed by atoms with E-state index >= 15 is 0 Å². The van der Waals surface area contributed by atoms with Crippen LogP contribution in [0.15, 0.2) is 47.1 Å². The summed E-state index contributed by atoms with van der Waals surface area (Å²) in [5.74, 6) is 0.0330. The van der Waals surface area contributed by atoms with Crippen LogP contribution in [0.25, 0.3) is 11.0 Å². The first-order chi connectivity index (χ1) is 10.2. The number of aryl methyl sites for hydroxylation is 1. The van der Waals surface area contributed by atoms with E-state index in [2.05, 4.69) is 10.3 Å². The molecule has 0 atom stereocenters. The molecule has 0 fully saturated rings. The van der Waals surface area contributed by atoms with E-state index in [9.17, 15) is 4.79 Å². The zero-order valence-electron chi connectivity index (χ0n) is 11.4. The minimum absolute atomic E-state index is 0.261. The standard InChI is InChI=1S/C16H13ClN2O2/c1-10-12-5-2-6-13(17)15(12)21-14(10)16(20)19-9-11-4-3-7-18-8-11/h2-8H,9H2,1H3,(H,19,20). The molecule has 5 heteroatoms. The van der Waals surface area contributed by atoms with Gasteiger partial charge in [-0.15, -0.1) is 0 Å². The van der Waals surface area contributed by atoms with Crippen molar-refractivity contribution in [1.29, 1.82) is 0 Å². The molecule has 21 heavy (non-hydrogen) atoms. The number of para-hydroxylation sites is 1. The molecule has 0 saturated carbocycles. The molecule has 106 valence electrons. The summed E-state index contributed by atoms with van der Waals surface area (Å²) in [5.41, 5.74) is 2.26. The SMILES string of the molecule is Cc1c(C(=O)NCc2cccnc2)oc2c(Cl)cccc12. The molecule has 1 aromatic carbocycles. The number of pyridine rings is 1. The molecule has 0 spiro atoms. The van der Waals surface area contributed by atoms with Crippen LogP contribution in [0, 0.1) is 6.92 Å². The maximum atomic E-state index is 12.3. The van der Waals surface area contributed by atoms with Crippen LogP contribution in [0.4, 0.5) is 0 Å². The lowest BCUT2D eigenvalue weighted by Gasteiger charge is -2.03. The predicted octanol–water partition coefficient (Wildman–Crippen LogP) is 3.72. The summed E-state index contributed by atoms with van der Waals surface area (Å²) in [7, 11) is 0. The Hall–Kier alpha value is -2.33. The van der Waals surface area contributed by atoms with Gasteiger partial charge >= 0.3 is 0 Å². The van der Waals surface area contributed by atoms with Crippen molar-refractivity contribution < 1.29 is 9.21 Å². The molecule has 0 bridgehead atoms. The van der Waals surface area contributed by atoms with Gasteiger partial charge in [0.05, 0.1) is 5.02 Å². The molecule has 1 N–H and O–H groups in total. The van der Waals surface area contributed by atoms with Gasteiger partial charge in [0.1, 0.15) is 0 Å². The van der Waals surface area contributed by atoms with Gasteiger partial charge in [0.25, 0.3) is 5.91 Å². The third kappa shape index (κ3) is 2.62. The zero-order chi connectivity index (χ0) is 14.8. The average Bonchev–Trinajstić information content (AvgIpc) is 2.85. The number of rotatable bonds is 3. The minimum Gasteiger partial charge on any atom is -0.449 e. The Kier molecular flexibility index (Phi) is 3.62. The number of halogens is 1. The second-order valence-corrected chi connectivity index (χ2v) is 5.12. The lowest BCUT2D eigenvalue weighted by molar-refractivity contribution is 0.0924. The molecule has 0 unspecified atom stereocenters. The second-order valence-electron chi connectivity index (χ2n) is 4.72. The number of carbonyl (C=O) groups is 1. The summed E-state index contributed by atoms with van der Waals surface area (Å²) in [6.07, 6.45) is 3.40. The molecule has 0 aliphatic carbocycles. The van der Waals surface area contributed by atoms with Gasteiger partial charge in [0.15, 0.2) is 11.3 Å². The van der Waals surface area contributed by atoms with Gasteiger partial charge in [-0.1, -0.05) is 29.8 Å². The third-order valence-corrected chi connectivity index (χ3v) is 3.60. The van der Waals surface area contributed by atoms with Crippen molar-refractivity contribution >= 4 is 28.5 Å². The Labute approximate surface area is 126 Å². The number of carbonyl (C=O) groups excluding carboxylic acids is 1. The fraction of sp³-hybridized carbons (Fsp3) is 0.125. The zero-order valence-corrected chi connectivity index (χ0v) is 12.1. The average molecular weight is 301 g/mol. The molecule has 3 rings (SSSR count). The summed E-state index contributed by atoms with van der Waals surface area (Å²) < 4.78 is 5.62. The van der Waals surface area contributed by atoms with Crippen molar-refractivity contribution in [3.8, 4) is 0 Å². The van der Waals surface area contributed by atoms with Crippen molar-refractivity contribution in [3.05, 3.63) is 64.6 Å². The maximum Gasteiger partial charge on any atom is 0.287 e. The highest BCUT2D eigenvalue weighted by atomic mass is 35.5. The highest BCUT2D eigenvalue weighted by Gasteiger charge is 2.18. The van der Waals surface area contributed by atoms with E-state index in [-0.39, 0.29) is 5.91 Å². The highest BCUT2D eigenvalue weighted by Crippen LogP contribution is 2.30. The molecule has 0 saturated heterocycles. The fourth-order valence-corrected chi connectivity index (χ4v) is 2.40. The molecule has 4 nitrogen and oxygen atoms in total. The number of hydrogen-bond acceptors (Lipinski definition) is 3. The number of nitrogens with zero attached hydrogens (tertiary/aromatic N) is 1. The summed E-state index contributed by atoms with van der Waals surface area (Å²) >= 11 is 6.09. The Balaban J connectivity index is 1.85. The molecule has 0 aliphatic heterocycles. The summed E-state index contributed by atoms with van der Waals surface area (Å²) in [5, 5.41) is 4.18. The second kappa shape index (κ2) is 5.58. The number of benzene rings is 1. The molecular formula is C16H13ClN2O2. The molecular weight excluding hydrogens is 288 g/mol. The molecule has 2 heterocycles. The van der Waals surface area contributed by atoms with Crippen LogP contribution >= 0.6 is 11.6 Å². The Morgan fingerprint density at radius 2 is 2.19 bits per heavy atom. The smallest absolute Gasteiger partial charge is 0.287 e. The lowest BCUT2D eigenvalue weighted by atomic mass is 10.1. The van der Waals surface area contributed by atoms with Crippen LogP contribution in [-0.2, 0) is 6.54 Å². The number of aromatic nitrogens is 1. The first-order valence-corrected chi connectivity index (χ1v) is 6.89. The first-order valence-electron chi connectivity index (χ1n) is 6.51. The summed E-state index contributed by atoms with van der Waals surface area (Å²) in [6, 6.07) is 9.19. The monoisotopic (exact) mass is 300 g/mol. The third-order valence-electron chi connectivity index (χ3n) is 3.30. The molecule has 1 amide bonds. The van der Waals surface area contributed by atoms with Gasteiger partial charge in [-0.2, -0.15) is 0 Å². The quantitative estimate of drug-likeness (QED) is 0.802. The van der Waals surface area contributed by atoms with Crippen LogP contribution in [-0.4, -0.2) is 10.9 Å². The summed E-state index contributed by atoms with van der Waals surface area (Å²) in [4.78, 5) is 16.3. The first kappa shape index (κ1) is 13.6. The van der Waals surface area contributed by atoms with Crippen LogP contribution in [0.1, 0.15) is 21.7 Å². The van der Waals surface area contributed by atoms with E-state index in [1.54, 1.807) is 18.5 Å².